The van der Waals surface area contributed by atoms with Crippen molar-refractivity contribution >= 4 is 57.8 Å². The molecule has 0 saturated heterocycles. The average molecular weight is 1230 g/mol. The molecule has 1 atom stereocenters. The Bertz CT molecular complexity index is 3980. The highest BCUT2D eigenvalue weighted by Crippen LogP contribution is 2.37. The lowest BCUT2D eigenvalue weighted by Crippen LogP contribution is -2.35. The molecule has 0 aliphatic carbocycles. The summed E-state index contributed by atoms with van der Waals surface area (Å²) in [6.07, 6.45) is 6.35. The molecule has 15 heteroatoms. The van der Waals surface area contributed by atoms with Gasteiger partial charge in [0.1, 0.15) is 0 Å². The van der Waals surface area contributed by atoms with E-state index in [4.69, 9.17) is 5.26 Å². The van der Waals surface area contributed by atoms with Crippen molar-refractivity contribution in [3.63, 3.8) is 0 Å². The largest absolute Gasteiger partial charge is 0.343 e. The third-order valence-corrected chi connectivity index (χ3v) is 19.0. The number of sulfonamides is 2. The predicted octanol–water partition coefficient (Wildman–Crippen LogP) is 13.5. The van der Waals surface area contributed by atoms with Gasteiger partial charge in [0, 0.05) is 78.9 Å². The van der Waals surface area contributed by atoms with Crippen LogP contribution >= 0.6 is 15.9 Å². The quantitative estimate of drug-likeness (QED) is 0.0693. The third-order valence-electron chi connectivity index (χ3n) is 15.0. The second-order valence-electron chi connectivity index (χ2n) is 21.5. The number of hydrogen-bond donors (Lipinski definition) is 0. The molecule has 2 aromatic heterocycles. The van der Waals surface area contributed by atoms with Crippen molar-refractivity contribution in [1.82, 2.24) is 27.5 Å². The first-order valence-electron chi connectivity index (χ1n) is 28.1. The van der Waals surface area contributed by atoms with Gasteiger partial charge in [-0.3, -0.25) is 0 Å². The Hall–Kier alpha value is -7.96. The number of likely N-dealkylation sites (N-methyl/N-ethyl adjacent to an activating group) is 2. The van der Waals surface area contributed by atoms with E-state index in [9.17, 15) is 22.1 Å². The maximum Gasteiger partial charge on any atom is 0.235 e. The Kier molecular flexibility index (Phi) is 22.0. The van der Waals surface area contributed by atoms with E-state index in [0.29, 0.717) is 12.1 Å². The number of rotatable bonds is 21. The van der Waals surface area contributed by atoms with Crippen molar-refractivity contribution in [2.75, 3.05) is 61.1 Å². The topological polar surface area (TPSA) is 139 Å². The summed E-state index contributed by atoms with van der Waals surface area (Å²) >= 11 is 3.60. The Labute approximate surface area is 511 Å². The van der Waals surface area contributed by atoms with Crippen LogP contribution in [0.3, 0.4) is 0 Å². The van der Waals surface area contributed by atoms with E-state index in [1.165, 1.54) is 43.3 Å². The van der Waals surface area contributed by atoms with Gasteiger partial charge < -0.3 is 18.9 Å². The first kappa shape index (κ1) is 63.1. The SMILES string of the molecule is CN(C(c1ccccc1)c1ccccc1)S(=O)(=O)CC#N.CN(C)CCc1cn(Cc2ccccc2)c2ccc(Br)cc12.CN(C)CCc1cn(Cc2ccccc2)c2ccc(C(C#N)S(=O)(=O)N(C)C(c3ccccc3)c3ccccc3)cc12. The summed E-state index contributed by atoms with van der Waals surface area (Å²) in [7, 11) is 3.69. The molecule has 0 spiro atoms. The van der Waals surface area contributed by atoms with Crippen LogP contribution in [-0.4, -0.2) is 106 Å². The maximum atomic E-state index is 14.2. The smallest absolute Gasteiger partial charge is 0.235 e. The number of nitrogens with zero attached hydrogens (tertiary/aromatic N) is 8. The molecule has 0 fully saturated rings. The minimum atomic E-state index is -4.09. The number of benzene rings is 8. The van der Waals surface area contributed by atoms with Crippen LogP contribution in [0.4, 0.5) is 0 Å². The Morgan fingerprint density at radius 3 is 1.20 bits per heavy atom. The molecule has 1 unspecified atom stereocenters. The lowest BCUT2D eigenvalue weighted by molar-refractivity contribution is 0.414. The van der Waals surface area contributed by atoms with Gasteiger partial charge in [-0.15, -0.1) is 0 Å². The zero-order chi connectivity index (χ0) is 60.5. The summed E-state index contributed by atoms with van der Waals surface area (Å²) in [5.41, 5.74) is 11.3. The maximum absolute atomic E-state index is 14.2. The lowest BCUT2D eigenvalue weighted by atomic mass is 9.99. The molecule has 0 bridgehead atoms. The Morgan fingerprint density at radius 1 is 0.459 bits per heavy atom. The standard InChI is InChI=1S/C35H36N4O2S.C19H21BrN2.C16H16N2O2S/c1-37(2)22-21-31-26-39(25-27-13-7-4-8-14-27)33-20-19-30(23-32(31)33)34(24-36)42(40,41)38(3)35(28-15-9-5-10-16-28)29-17-11-6-12-18-29;1-21(2)11-10-16-14-22(13-15-6-4-3-5-7-15)19-9-8-17(20)12-18(16)19;1-18(21(19,20)13-12-17)16(14-8-4-2-5-9-14)15-10-6-3-7-11-15/h4-20,23,26,34-35H,21-22,25H2,1-3H3;3-9,12,14H,10-11,13H2,1-2H3;2-11,16H,13H2,1H3. The molecule has 85 heavy (non-hydrogen) atoms. The molecule has 0 saturated carbocycles. The van der Waals surface area contributed by atoms with Gasteiger partial charge in [0.05, 0.1) is 24.2 Å². The van der Waals surface area contributed by atoms with Crippen LogP contribution < -0.4 is 0 Å². The predicted molar refractivity (Wildman–Crippen MR) is 349 cm³/mol. The molecule has 0 amide bonds. The minimum absolute atomic E-state index is 0.439. The molecular formula is C70H73BrN8O4S2. The number of hydrogen-bond acceptors (Lipinski definition) is 8. The number of aromatic nitrogens is 2. The fourth-order valence-corrected chi connectivity index (χ4v) is 13.3. The number of nitriles is 2. The van der Waals surface area contributed by atoms with E-state index >= 15 is 0 Å². The van der Waals surface area contributed by atoms with Crippen molar-refractivity contribution in [3.8, 4) is 12.1 Å². The van der Waals surface area contributed by atoms with Gasteiger partial charge in [0.15, 0.2) is 11.0 Å². The van der Waals surface area contributed by atoms with Crippen molar-refractivity contribution in [1.29, 1.82) is 10.5 Å². The summed E-state index contributed by atoms with van der Waals surface area (Å²) < 4.78 is 61.2. The van der Waals surface area contributed by atoms with Crippen LogP contribution in [0.15, 0.2) is 235 Å². The van der Waals surface area contributed by atoms with Gasteiger partial charge in [-0.2, -0.15) is 19.1 Å². The van der Waals surface area contributed by atoms with E-state index in [-0.39, 0.29) is 0 Å². The molecule has 436 valence electrons. The van der Waals surface area contributed by atoms with Crippen molar-refractivity contribution in [2.24, 2.45) is 0 Å². The zero-order valence-electron chi connectivity index (χ0n) is 49.0. The monoisotopic (exact) mass is 1230 g/mol. The van der Waals surface area contributed by atoms with Crippen LogP contribution in [0, 0.1) is 22.7 Å². The highest BCUT2D eigenvalue weighted by Gasteiger charge is 2.37. The van der Waals surface area contributed by atoms with Crippen molar-refractivity contribution in [2.45, 2.75) is 43.3 Å². The molecule has 0 aliphatic heterocycles. The molecule has 12 nitrogen and oxygen atoms in total. The summed E-state index contributed by atoms with van der Waals surface area (Å²) in [5, 5.41) is 20.0. The second kappa shape index (κ2) is 29.7. The van der Waals surface area contributed by atoms with Crippen LogP contribution in [0.1, 0.15) is 67.4 Å². The highest BCUT2D eigenvalue weighted by atomic mass is 79.9. The van der Waals surface area contributed by atoms with Crippen LogP contribution in [0.25, 0.3) is 21.8 Å². The van der Waals surface area contributed by atoms with Gasteiger partial charge in [-0.25, -0.2) is 16.8 Å². The lowest BCUT2D eigenvalue weighted by Gasteiger charge is -2.30. The van der Waals surface area contributed by atoms with E-state index in [1.807, 2.05) is 166 Å². The summed E-state index contributed by atoms with van der Waals surface area (Å²) in [5.74, 6) is -0.528. The van der Waals surface area contributed by atoms with Crippen molar-refractivity contribution < 1.29 is 16.8 Å². The first-order chi connectivity index (χ1) is 41.0. The van der Waals surface area contributed by atoms with Gasteiger partial charge in [0.25, 0.3) is 0 Å². The highest BCUT2D eigenvalue weighted by molar-refractivity contribution is 9.10. The molecule has 10 aromatic rings. The normalized spacial score (nSPS) is 12.1. The molecule has 8 aromatic carbocycles. The Balaban J connectivity index is 0.000000183. The summed E-state index contributed by atoms with van der Waals surface area (Å²) in [4.78, 5) is 4.37. The average Bonchev–Trinajstić information content (AvgIpc) is 4.16. The third kappa shape index (κ3) is 16.3. The summed E-state index contributed by atoms with van der Waals surface area (Å²) in [6.45, 7) is 3.54. The van der Waals surface area contributed by atoms with Gasteiger partial charge in [-0.05, 0) is 121 Å². The molecule has 10 rings (SSSR count). The molecule has 0 radical (unpaired) electrons. The number of halogens is 1. The number of fused-ring (bicyclic) bond motifs is 2. The second-order valence-corrected chi connectivity index (χ2v) is 26.6. The van der Waals surface area contributed by atoms with Crippen LogP contribution in [-0.2, 0) is 46.0 Å². The van der Waals surface area contributed by atoms with E-state index < -0.39 is 43.1 Å². The zero-order valence-corrected chi connectivity index (χ0v) is 52.2. The summed E-state index contributed by atoms with van der Waals surface area (Å²) in [6, 6.07) is 73.9. The van der Waals surface area contributed by atoms with Gasteiger partial charge in [-0.1, -0.05) is 204 Å². The van der Waals surface area contributed by atoms with Crippen molar-refractivity contribution in [3.05, 3.63) is 285 Å². The Morgan fingerprint density at radius 2 is 0.824 bits per heavy atom. The fourth-order valence-electron chi connectivity index (χ4n) is 10.5. The van der Waals surface area contributed by atoms with E-state index in [0.717, 1.165) is 75.7 Å². The molecular weight excluding hydrogens is 1160 g/mol. The molecule has 2 heterocycles. The van der Waals surface area contributed by atoms with Crippen LogP contribution in [0.2, 0.25) is 0 Å². The molecule has 0 N–H and O–H groups in total. The van der Waals surface area contributed by atoms with Crippen LogP contribution in [0.5, 0.6) is 0 Å². The van der Waals surface area contributed by atoms with Gasteiger partial charge >= 0.3 is 0 Å². The molecule has 0 aliphatic rings. The van der Waals surface area contributed by atoms with E-state index in [1.54, 1.807) is 19.2 Å². The fraction of sp³-hybridized carbons (Fsp3) is 0.229. The first-order valence-corrected chi connectivity index (χ1v) is 32.0. The van der Waals surface area contributed by atoms with Gasteiger partial charge in [0.2, 0.25) is 20.0 Å². The van der Waals surface area contributed by atoms with E-state index in [2.05, 4.69) is 128 Å². The minimum Gasteiger partial charge on any atom is -0.343 e.